The van der Waals surface area contributed by atoms with Gasteiger partial charge in [0.25, 0.3) is 0 Å². The summed E-state index contributed by atoms with van der Waals surface area (Å²) in [4.78, 5) is 7.71. The van der Waals surface area contributed by atoms with Crippen LogP contribution in [0.3, 0.4) is 0 Å². The van der Waals surface area contributed by atoms with Crippen LogP contribution in [0, 0.1) is 0 Å². The number of nitrogens with one attached hydrogen (secondary N) is 2. The average molecular weight is 300 g/mol. The number of hydrogen-bond acceptors (Lipinski definition) is 7. The number of hydrazine groups is 1. The smallest absolute Gasteiger partial charge is 0.406 e. The normalized spacial score (nSPS) is 11.0. The molecule has 0 radical (unpaired) electrons. The lowest BCUT2D eigenvalue weighted by molar-refractivity contribution is -0.274. The van der Waals surface area contributed by atoms with Crippen molar-refractivity contribution in [2.75, 3.05) is 16.5 Å². The van der Waals surface area contributed by atoms with Crippen molar-refractivity contribution in [3.05, 3.63) is 30.6 Å². The molecule has 0 bridgehead atoms. The number of nitrogens with zero attached hydrogens (tertiary/aromatic N) is 2. The van der Waals surface area contributed by atoms with Gasteiger partial charge in [-0.15, -0.1) is 13.2 Å². The summed E-state index contributed by atoms with van der Waals surface area (Å²) in [6, 6.07) is 5.10. The average Bonchev–Trinajstić information content (AvgIpc) is 2.42. The van der Waals surface area contributed by atoms with Crippen molar-refractivity contribution in [1.82, 2.24) is 9.97 Å². The number of halogens is 3. The van der Waals surface area contributed by atoms with Crippen LogP contribution in [0.1, 0.15) is 0 Å². The largest absolute Gasteiger partial charge is 0.573 e. The van der Waals surface area contributed by atoms with Crippen LogP contribution in [0.5, 0.6) is 5.75 Å². The molecule has 0 saturated carbocycles. The van der Waals surface area contributed by atoms with Crippen LogP contribution in [0.2, 0.25) is 0 Å². The summed E-state index contributed by atoms with van der Waals surface area (Å²) < 4.78 is 39.9. The van der Waals surface area contributed by atoms with E-state index in [1.165, 1.54) is 18.5 Å². The molecule has 2 rings (SSSR count). The Labute approximate surface area is 117 Å². The number of hydrogen-bond donors (Lipinski definition) is 4. The van der Waals surface area contributed by atoms with Gasteiger partial charge in [0.05, 0.1) is 0 Å². The Morgan fingerprint density at radius 1 is 1.05 bits per heavy atom. The molecule has 0 aliphatic carbocycles. The van der Waals surface area contributed by atoms with Gasteiger partial charge in [0, 0.05) is 5.69 Å². The Kier molecular flexibility index (Phi) is 3.98. The molecule has 10 heteroatoms. The third-order valence-electron chi connectivity index (χ3n) is 2.37. The first kappa shape index (κ1) is 14.7. The number of benzene rings is 1. The van der Waals surface area contributed by atoms with Crippen LogP contribution < -0.4 is 27.1 Å². The zero-order valence-corrected chi connectivity index (χ0v) is 10.5. The lowest BCUT2D eigenvalue weighted by Crippen LogP contribution is -2.17. The van der Waals surface area contributed by atoms with Gasteiger partial charge in [0.2, 0.25) is 0 Å². The number of anilines is 4. The Hall–Kier alpha value is -2.75. The Morgan fingerprint density at radius 2 is 1.67 bits per heavy atom. The molecule has 1 aromatic carbocycles. The molecule has 6 N–H and O–H groups in total. The standard InChI is InChI=1S/C11H11F3N6O/c12-11(13,14)21-7-3-1-6(2-4-7)19-9-8(15)10(20-16)18-5-17-9/h1-5H,15-16H2,(H2,17,18,19,20). The molecule has 1 heterocycles. The lowest BCUT2D eigenvalue weighted by atomic mass is 10.3. The van der Waals surface area contributed by atoms with Gasteiger partial charge in [-0.1, -0.05) is 0 Å². The third-order valence-corrected chi connectivity index (χ3v) is 2.37. The van der Waals surface area contributed by atoms with E-state index in [4.69, 9.17) is 11.6 Å². The van der Waals surface area contributed by atoms with Crippen LogP contribution >= 0.6 is 0 Å². The highest BCUT2D eigenvalue weighted by Gasteiger charge is 2.30. The van der Waals surface area contributed by atoms with E-state index in [-0.39, 0.29) is 23.1 Å². The highest BCUT2D eigenvalue weighted by atomic mass is 19.4. The maximum Gasteiger partial charge on any atom is 0.573 e. The van der Waals surface area contributed by atoms with Crippen molar-refractivity contribution >= 4 is 23.0 Å². The van der Waals surface area contributed by atoms with Gasteiger partial charge in [-0.05, 0) is 24.3 Å². The summed E-state index contributed by atoms with van der Waals surface area (Å²) in [6.07, 6.45) is -3.50. The van der Waals surface area contributed by atoms with Gasteiger partial charge < -0.3 is 21.2 Å². The van der Waals surface area contributed by atoms with Crippen molar-refractivity contribution < 1.29 is 17.9 Å². The zero-order chi connectivity index (χ0) is 15.5. The van der Waals surface area contributed by atoms with Gasteiger partial charge in [-0.2, -0.15) is 0 Å². The molecule has 112 valence electrons. The number of alkyl halides is 3. The van der Waals surface area contributed by atoms with Gasteiger partial charge in [-0.25, -0.2) is 15.8 Å². The minimum atomic E-state index is -4.73. The molecule has 7 nitrogen and oxygen atoms in total. The first-order valence-corrected chi connectivity index (χ1v) is 5.59. The highest BCUT2D eigenvalue weighted by Crippen LogP contribution is 2.27. The monoisotopic (exact) mass is 300 g/mol. The summed E-state index contributed by atoms with van der Waals surface area (Å²) in [5, 5.41) is 2.83. The second-order valence-corrected chi connectivity index (χ2v) is 3.83. The quantitative estimate of drug-likeness (QED) is 0.504. The molecular weight excluding hydrogens is 289 g/mol. The number of ether oxygens (including phenoxy) is 1. The van der Waals surface area contributed by atoms with E-state index < -0.39 is 6.36 Å². The van der Waals surface area contributed by atoms with Gasteiger partial charge in [-0.3, -0.25) is 0 Å². The molecule has 21 heavy (non-hydrogen) atoms. The number of aromatic nitrogens is 2. The highest BCUT2D eigenvalue weighted by molar-refractivity contribution is 5.77. The molecule has 0 unspecified atom stereocenters. The Morgan fingerprint density at radius 3 is 2.24 bits per heavy atom. The molecule has 0 amide bonds. The van der Waals surface area contributed by atoms with E-state index in [0.717, 1.165) is 12.1 Å². The van der Waals surface area contributed by atoms with Gasteiger partial charge in [0.15, 0.2) is 11.6 Å². The fraction of sp³-hybridized carbons (Fsp3) is 0.0909. The van der Waals surface area contributed by atoms with Crippen molar-refractivity contribution in [2.24, 2.45) is 5.84 Å². The molecule has 0 atom stereocenters. The summed E-state index contributed by atoms with van der Waals surface area (Å²) in [6.45, 7) is 0. The first-order valence-electron chi connectivity index (χ1n) is 5.59. The van der Waals surface area contributed by atoms with Gasteiger partial charge in [0.1, 0.15) is 17.8 Å². The van der Waals surface area contributed by atoms with Crippen molar-refractivity contribution in [1.29, 1.82) is 0 Å². The fourth-order valence-electron chi connectivity index (χ4n) is 1.49. The molecular formula is C11H11F3N6O. The number of nitrogen functional groups attached to an aromatic ring is 2. The maximum absolute atomic E-state index is 12.0. The zero-order valence-electron chi connectivity index (χ0n) is 10.5. The predicted molar refractivity (Wildman–Crippen MR) is 70.7 cm³/mol. The van der Waals surface area contributed by atoms with Crippen LogP contribution in [0.25, 0.3) is 0 Å². The van der Waals surface area contributed by atoms with Crippen LogP contribution in [0.4, 0.5) is 36.2 Å². The molecule has 0 aliphatic rings. The van der Waals surface area contributed by atoms with Crippen LogP contribution in [-0.4, -0.2) is 16.3 Å². The topological polar surface area (TPSA) is 111 Å². The molecule has 0 fully saturated rings. The van der Waals surface area contributed by atoms with E-state index >= 15 is 0 Å². The summed E-state index contributed by atoms with van der Waals surface area (Å²) in [5.41, 5.74) is 8.69. The van der Waals surface area contributed by atoms with E-state index in [1.54, 1.807) is 0 Å². The molecule has 0 aliphatic heterocycles. The Balaban J connectivity index is 2.14. The number of rotatable bonds is 4. The second kappa shape index (κ2) is 5.71. The van der Waals surface area contributed by atoms with Crippen molar-refractivity contribution in [2.45, 2.75) is 6.36 Å². The van der Waals surface area contributed by atoms with E-state index in [2.05, 4.69) is 25.4 Å². The first-order chi connectivity index (χ1) is 9.89. The van der Waals surface area contributed by atoms with Crippen molar-refractivity contribution in [3.8, 4) is 5.75 Å². The van der Waals surface area contributed by atoms with Crippen LogP contribution in [0.15, 0.2) is 30.6 Å². The van der Waals surface area contributed by atoms with Crippen LogP contribution in [-0.2, 0) is 0 Å². The minimum Gasteiger partial charge on any atom is -0.406 e. The Bertz CT molecular complexity index is 616. The molecule has 1 aromatic heterocycles. The fourth-order valence-corrected chi connectivity index (χ4v) is 1.49. The summed E-state index contributed by atoms with van der Waals surface area (Å²) in [5.74, 6) is 5.39. The van der Waals surface area contributed by atoms with E-state index in [9.17, 15) is 13.2 Å². The maximum atomic E-state index is 12.0. The second-order valence-electron chi connectivity index (χ2n) is 3.83. The minimum absolute atomic E-state index is 0.176. The van der Waals surface area contributed by atoms with Gasteiger partial charge >= 0.3 is 6.36 Å². The molecule has 0 spiro atoms. The molecule has 2 aromatic rings. The third kappa shape index (κ3) is 3.86. The lowest BCUT2D eigenvalue weighted by Gasteiger charge is -2.12. The number of nitrogens with two attached hydrogens (primary N) is 2. The molecule has 0 saturated heterocycles. The van der Waals surface area contributed by atoms with E-state index in [0.29, 0.717) is 5.69 Å². The van der Waals surface area contributed by atoms with Crippen molar-refractivity contribution in [3.63, 3.8) is 0 Å². The summed E-state index contributed by atoms with van der Waals surface area (Å²) >= 11 is 0. The predicted octanol–water partition coefficient (Wildman–Crippen LogP) is 1.99. The van der Waals surface area contributed by atoms with E-state index in [1.807, 2.05) is 0 Å². The SMILES string of the molecule is NNc1ncnc(Nc2ccc(OC(F)(F)F)cc2)c1N. The summed E-state index contributed by atoms with van der Waals surface area (Å²) in [7, 11) is 0.